The Labute approximate surface area is 162 Å². The number of carbonyl (C=O) groups is 1. The van der Waals surface area contributed by atoms with Gasteiger partial charge in [0.2, 0.25) is 12.7 Å². The molecule has 2 aliphatic rings. The van der Waals surface area contributed by atoms with Gasteiger partial charge in [0.1, 0.15) is 5.37 Å². The van der Waals surface area contributed by atoms with E-state index in [4.69, 9.17) is 18.9 Å². The van der Waals surface area contributed by atoms with Crippen molar-refractivity contribution in [3.8, 4) is 23.0 Å². The molecule has 0 unspecified atom stereocenters. The number of nitrogens with zero attached hydrogens (tertiary/aromatic N) is 1. The van der Waals surface area contributed by atoms with Gasteiger partial charge in [-0.2, -0.15) is 0 Å². The fourth-order valence-electron chi connectivity index (χ4n) is 3.32. The first-order valence-electron chi connectivity index (χ1n) is 8.71. The van der Waals surface area contributed by atoms with E-state index in [0.29, 0.717) is 23.8 Å². The summed E-state index contributed by atoms with van der Waals surface area (Å²) in [5.41, 5.74) is 2.16. The van der Waals surface area contributed by atoms with E-state index in [-0.39, 0.29) is 18.1 Å². The Bertz CT molecular complexity index is 856. The van der Waals surface area contributed by atoms with Crippen LogP contribution in [0.5, 0.6) is 23.0 Å². The second-order valence-corrected chi connectivity index (χ2v) is 7.37. The van der Waals surface area contributed by atoms with Crippen LogP contribution in [0, 0.1) is 0 Å². The van der Waals surface area contributed by atoms with Gasteiger partial charge in [-0.25, -0.2) is 0 Å². The van der Waals surface area contributed by atoms with Crippen LogP contribution in [0.4, 0.5) is 0 Å². The highest BCUT2D eigenvalue weighted by molar-refractivity contribution is 8.00. The Balaban J connectivity index is 1.49. The van der Waals surface area contributed by atoms with Gasteiger partial charge in [-0.05, 0) is 41.8 Å². The second-order valence-electron chi connectivity index (χ2n) is 6.30. The van der Waals surface area contributed by atoms with Crippen molar-refractivity contribution in [1.82, 2.24) is 4.90 Å². The summed E-state index contributed by atoms with van der Waals surface area (Å²) in [5.74, 6) is 3.54. The third kappa shape index (κ3) is 3.51. The molecule has 0 saturated carbocycles. The van der Waals surface area contributed by atoms with E-state index in [1.807, 2.05) is 41.3 Å². The monoisotopic (exact) mass is 387 g/mol. The van der Waals surface area contributed by atoms with Gasteiger partial charge in [-0.3, -0.25) is 4.79 Å². The lowest BCUT2D eigenvalue weighted by Gasteiger charge is -2.24. The topological polar surface area (TPSA) is 57.2 Å². The Morgan fingerprint density at radius 2 is 1.89 bits per heavy atom. The molecule has 7 heteroatoms. The van der Waals surface area contributed by atoms with Crippen molar-refractivity contribution in [3.63, 3.8) is 0 Å². The number of hydrogen-bond acceptors (Lipinski definition) is 6. The van der Waals surface area contributed by atoms with Crippen molar-refractivity contribution >= 4 is 17.7 Å². The summed E-state index contributed by atoms with van der Waals surface area (Å²) < 4.78 is 21.5. The number of fused-ring (bicyclic) bond motifs is 1. The van der Waals surface area contributed by atoms with E-state index in [1.54, 1.807) is 26.0 Å². The minimum absolute atomic E-state index is 0.00727. The van der Waals surface area contributed by atoms with E-state index in [0.717, 1.165) is 29.0 Å². The molecular formula is C20H21NO5S. The summed E-state index contributed by atoms with van der Waals surface area (Å²) in [6.07, 6.45) is 0.744. The number of ether oxygens (including phenoxy) is 4. The summed E-state index contributed by atoms with van der Waals surface area (Å²) in [6.45, 7) is 0.888. The molecule has 1 atom stereocenters. The Hall–Kier alpha value is -2.54. The van der Waals surface area contributed by atoms with Crippen LogP contribution in [0.3, 0.4) is 0 Å². The molecule has 0 aliphatic carbocycles. The molecule has 2 aromatic carbocycles. The number of amides is 1. The highest BCUT2D eigenvalue weighted by Gasteiger charge is 2.33. The van der Waals surface area contributed by atoms with E-state index < -0.39 is 0 Å². The fourth-order valence-corrected chi connectivity index (χ4v) is 4.53. The maximum Gasteiger partial charge on any atom is 0.233 e. The van der Waals surface area contributed by atoms with Crippen molar-refractivity contribution in [2.24, 2.45) is 0 Å². The summed E-state index contributed by atoms with van der Waals surface area (Å²) in [5, 5.41) is -0.00727. The number of rotatable bonds is 6. The normalized spacial score (nSPS) is 18.1. The highest BCUT2D eigenvalue weighted by Crippen LogP contribution is 2.42. The highest BCUT2D eigenvalue weighted by atomic mass is 32.2. The molecule has 0 bridgehead atoms. The van der Waals surface area contributed by atoms with Crippen molar-refractivity contribution in [1.29, 1.82) is 0 Å². The number of thioether (sulfide) groups is 1. The third-order valence-electron chi connectivity index (χ3n) is 4.74. The van der Waals surface area contributed by atoms with Crippen molar-refractivity contribution in [2.45, 2.75) is 11.8 Å². The number of carbonyl (C=O) groups excluding carboxylic acids is 1. The van der Waals surface area contributed by atoms with Crippen molar-refractivity contribution in [2.75, 3.05) is 33.3 Å². The zero-order chi connectivity index (χ0) is 18.8. The first-order valence-corrected chi connectivity index (χ1v) is 9.76. The van der Waals surface area contributed by atoms with E-state index in [1.165, 1.54) is 0 Å². The van der Waals surface area contributed by atoms with Gasteiger partial charge in [0.25, 0.3) is 0 Å². The number of benzene rings is 2. The molecule has 1 saturated heterocycles. The lowest BCUT2D eigenvalue weighted by molar-refractivity contribution is -0.128. The molecule has 0 aromatic heterocycles. The summed E-state index contributed by atoms with van der Waals surface area (Å²) in [7, 11) is 3.24. The first kappa shape index (κ1) is 17.9. The van der Waals surface area contributed by atoms with Crippen LogP contribution in [-0.4, -0.2) is 44.1 Å². The average molecular weight is 387 g/mol. The minimum Gasteiger partial charge on any atom is -0.493 e. The van der Waals surface area contributed by atoms with Crippen LogP contribution in [0.2, 0.25) is 0 Å². The maximum atomic E-state index is 12.4. The summed E-state index contributed by atoms with van der Waals surface area (Å²) in [6, 6.07) is 11.7. The Morgan fingerprint density at radius 3 is 2.70 bits per heavy atom. The zero-order valence-corrected chi connectivity index (χ0v) is 16.1. The molecule has 27 heavy (non-hydrogen) atoms. The van der Waals surface area contributed by atoms with Gasteiger partial charge in [0, 0.05) is 6.54 Å². The SMILES string of the molecule is COc1ccc(CCN2C(=O)CS[C@@H]2c2ccc3c(c2)OCO3)cc1OC. The average Bonchev–Trinajstić information content (AvgIpc) is 3.31. The first-order chi connectivity index (χ1) is 13.2. The Morgan fingerprint density at radius 1 is 1.07 bits per heavy atom. The molecule has 0 spiro atoms. The molecule has 0 radical (unpaired) electrons. The molecule has 2 aliphatic heterocycles. The van der Waals surface area contributed by atoms with E-state index >= 15 is 0 Å². The van der Waals surface area contributed by atoms with Crippen LogP contribution >= 0.6 is 11.8 Å². The zero-order valence-electron chi connectivity index (χ0n) is 15.3. The lowest BCUT2D eigenvalue weighted by atomic mass is 10.1. The van der Waals surface area contributed by atoms with E-state index in [2.05, 4.69) is 0 Å². The standard InChI is InChI=1S/C20H21NO5S/c1-23-15-5-3-13(9-17(15)24-2)7-8-21-19(22)11-27-20(21)14-4-6-16-18(10-14)26-12-25-16/h3-6,9-10,20H,7-8,11-12H2,1-2H3/t20-/m1/s1. The van der Waals surface area contributed by atoms with Gasteiger partial charge in [-0.1, -0.05) is 12.1 Å². The van der Waals surface area contributed by atoms with Crippen LogP contribution in [0.1, 0.15) is 16.5 Å². The van der Waals surface area contributed by atoms with Crippen molar-refractivity contribution < 1.29 is 23.7 Å². The Kier molecular flexibility index (Phi) is 5.03. The molecule has 1 fully saturated rings. The molecule has 2 heterocycles. The minimum atomic E-state index is -0.00727. The fraction of sp³-hybridized carbons (Fsp3) is 0.350. The van der Waals surface area contributed by atoms with E-state index in [9.17, 15) is 4.79 Å². The van der Waals surface area contributed by atoms with Crippen LogP contribution in [0.15, 0.2) is 36.4 Å². The van der Waals surface area contributed by atoms with Crippen LogP contribution < -0.4 is 18.9 Å². The van der Waals surface area contributed by atoms with Gasteiger partial charge in [0.05, 0.1) is 20.0 Å². The number of hydrogen-bond donors (Lipinski definition) is 0. The number of methoxy groups -OCH3 is 2. The predicted molar refractivity (Wildman–Crippen MR) is 103 cm³/mol. The van der Waals surface area contributed by atoms with Crippen LogP contribution in [-0.2, 0) is 11.2 Å². The quantitative estimate of drug-likeness (QED) is 0.758. The second kappa shape index (κ2) is 7.60. The molecule has 2 aromatic rings. The smallest absolute Gasteiger partial charge is 0.233 e. The predicted octanol–water partition coefficient (Wildman–Crippen LogP) is 3.25. The summed E-state index contributed by atoms with van der Waals surface area (Å²) >= 11 is 1.64. The van der Waals surface area contributed by atoms with Gasteiger partial charge >= 0.3 is 0 Å². The molecular weight excluding hydrogens is 366 g/mol. The summed E-state index contributed by atoms with van der Waals surface area (Å²) in [4.78, 5) is 14.4. The lowest BCUT2D eigenvalue weighted by Crippen LogP contribution is -2.30. The van der Waals surface area contributed by atoms with Crippen molar-refractivity contribution in [3.05, 3.63) is 47.5 Å². The molecule has 0 N–H and O–H groups in total. The van der Waals surface area contributed by atoms with Gasteiger partial charge in [-0.15, -0.1) is 11.8 Å². The van der Waals surface area contributed by atoms with Gasteiger partial charge in [0.15, 0.2) is 23.0 Å². The molecule has 142 valence electrons. The van der Waals surface area contributed by atoms with Gasteiger partial charge < -0.3 is 23.8 Å². The molecule has 6 nitrogen and oxygen atoms in total. The largest absolute Gasteiger partial charge is 0.493 e. The van der Waals surface area contributed by atoms with Crippen LogP contribution in [0.25, 0.3) is 0 Å². The third-order valence-corrected chi connectivity index (χ3v) is 6.00. The molecule has 4 rings (SSSR count). The molecule has 1 amide bonds. The maximum absolute atomic E-state index is 12.4.